The zero-order valence-corrected chi connectivity index (χ0v) is 14.4. The summed E-state index contributed by atoms with van der Waals surface area (Å²) in [5.74, 6) is 1.18. The molecule has 1 heterocycles. The first-order chi connectivity index (χ1) is 12.2. The number of rotatable bonds is 7. The molecule has 0 aliphatic carbocycles. The highest BCUT2D eigenvalue weighted by molar-refractivity contribution is 6.32. The fourth-order valence-corrected chi connectivity index (χ4v) is 2.69. The average Bonchev–Trinajstić information content (AvgIpc) is 3.08. The molecule has 6 heteroatoms. The molecule has 0 saturated heterocycles. The van der Waals surface area contributed by atoms with Gasteiger partial charge in [-0.1, -0.05) is 59.2 Å². The van der Waals surface area contributed by atoms with E-state index in [1.54, 1.807) is 12.1 Å². The van der Waals surface area contributed by atoms with Crippen LogP contribution >= 0.6 is 11.6 Å². The largest absolute Gasteiger partial charge is 0.506 e. The zero-order chi connectivity index (χ0) is 17.6. The van der Waals surface area contributed by atoms with Crippen molar-refractivity contribution >= 4 is 11.6 Å². The van der Waals surface area contributed by atoms with Gasteiger partial charge in [-0.3, -0.25) is 4.90 Å². The second-order valence-corrected chi connectivity index (χ2v) is 6.03. The number of nitrogens with zero attached hydrogens (tertiary/aromatic N) is 3. The van der Waals surface area contributed by atoms with Crippen LogP contribution in [0.5, 0.6) is 5.75 Å². The molecule has 3 aromatic rings. The Kier molecular flexibility index (Phi) is 5.48. The van der Waals surface area contributed by atoms with E-state index in [1.165, 1.54) is 0 Å². The Morgan fingerprint density at radius 1 is 1.16 bits per heavy atom. The second kappa shape index (κ2) is 7.96. The number of hydrogen-bond acceptors (Lipinski definition) is 5. The van der Waals surface area contributed by atoms with Crippen molar-refractivity contribution in [3.63, 3.8) is 0 Å². The average molecular weight is 356 g/mol. The van der Waals surface area contributed by atoms with Gasteiger partial charge in [-0.25, -0.2) is 0 Å². The van der Waals surface area contributed by atoms with Gasteiger partial charge >= 0.3 is 0 Å². The van der Waals surface area contributed by atoms with Gasteiger partial charge in [-0.2, -0.15) is 4.98 Å². The van der Waals surface area contributed by atoms with Crippen LogP contribution in [-0.2, 0) is 13.1 Å². The van der Waals surface area contributed by atoms with Crippen LogP contribution in [0.1, 0.15) is 11.5 Å². The summed E-state index contributed by atoms with van der Waals surface area (Å²) in [6.07, 6.45) is 1.82. The van der Waals surface area contributed by atoms with Crippen LogP contribution in [0.3, 0.4) is 0 Å². The quantitative estimate of drug-likeness (QED) is 0.641. The number of hydrogen-bond donors (Lipinski definition) is 1. The van der Waals surface area contributed by atoms with Crippen LogP contribution in [0.25, 0.3) is 11.4 Å². The Bertz CT molecular complexity index is 849. The fourth-order valence-electron chi connectivity index (χ4n) is 2.49. The molecule has 0 bridgehead atoms. The first-order valence-corrected chi connectivity index (χ1v) is 8.22. The molecule has 0 atom stereocenters. The maximum absolute atomic E-state index is 9.53. The van der Waals surface area contributed by atoms with E-state index in [9.17, 15) is 5.11 Å². The Balaban J connectivity index is 1.72. The molecule has 0 spiro atoms. The van der Waals surface area contributed by atoms with Gasteiger partial charge in [-0.15, -0.1) is 6.58 Å². The minimum Gasteiger partial charge on any atom is -0.506 e. The van der Waals surface area contributed by atoms with Crippen molar-refractivity contribution in [1.29, 1.82) is 0 Å². The van der Waals surface area contributed by atoms with E-state index in [0.717, 1.165) is 11.1 Å². The van der Waals surface area contributed by atoms with Crippen LogP contribution in [0, 0.1) is 0 Å². The third-order valence-electron chi connectivity index (χ3n) is 3.66. The van der Waals surface area contributed by atoms with E-state index in [2.05, 4.69) is 21.6 Å². The van der Waals surface area contributed by atoms with Crippen molar-refractivity contribution in [2.24, 2.45) is 0 Å². The molecule has 128 valence electrons. The van der Waals surface area contributed by atoms with E-state index in [0.29, 0.717) is 36.4 Å². The molecule has 2 aromatic carbocycles. The predicted octanol–water partition coefficient (Wildman–Crippen LogP) is 4.28. The second-order valence-electron chi connectivity index (χ2n) is 5.62. The third kappa shape index (κ3) is 4.47. The van der Waals surface area contributed by atoms with E-state index in [4.69, 9.17) is 16.1 Å². The van der Waals surface area contributed by atoms with Gasteiger partial charge in [0, 0.05) is 18.7 Å². The van der Waals surface area contributed by atoms with Gasteiger partial charge in [0.05, 0.1) is 11.6 Å². The summed E-state index contributed by atoms with van der Waals surface area (Å²) in [6, 6.07) is 14.9. The molecule has 0 aliphatic heterocycles. The van der Waals surface area contributed by atoms with Crippen LogP contribution in [0.2, 0.25) is 5.02 Å². The first kappa shape index (κ1) is 17.2. The van der Waals surface area contributed by atoms with Gasteiger partial charge in [0.25, 0.3) is 0 Å². The van der Waals surface area contributed by atoms with E-state index in [1.807, 2.05) is 42.5 Å². The van der Waals surface area contributed by atoms with Crippen molar-refractivity contribution < 1.29 is 9.63 Å². The van der Waals surface area contributed by atoms with Crippen LogP contribution in [0.15, 0.2) is 65.7 Å². The lowest BCUT2D eigenvalue weighted by Gasteiger charge is -2.18. The molecule has 1 aromatic heterocycles. The smallest absolute Gasteiger partial charge is 0.241 e. The van der Waals surface area contributed by atoms with Crippen LogP contribution in [0.4, 0.5) is 0 Å². The van der Waals surface area contributed by atoms with E-state index >= 15 is 0 Å². The van der Waals surface area contributed by atoms with Gasteiger partial charge < -0.3 is 9.63 Å². The van der Waals surface area contributed by atoms with Gasteiger partial charge in [-0.05, 0) is 17.7 Å². The number of aromatic hydroxyl groups is 1. The number of aromatic nitrogens is 2. The SMILES string of the molecule is C=CCN(Cc1ccc(O)c(Cl)c1)Cc1nc(-c2ccccc2)no1. The lowest BCUT2D eigenvalue weighted by Crippen LogP contribution is -2.23. The molecule has 0 amide bonds. The Morgan fingerprint density at radius 2 is 1.96 bits per heavy atom. The lowest BCUT2D eigenvalue weighted by atomic mass is 10.2. The lowest BCUT2D eigenvalue weighted by molar-refractivity contribution is 0.239. The molecule has 5 nitrogen and oxygen atoms in total. The maximum Gasteiger partial charge on any atom is 0.241 e. The summed E-state index contributed by atoms with van der Waals surface area (Å²) in [5.41, 5.74) is 1.89. The van der Waals surface area contributed by atoms with E-state index in [-0.39, 0.29) is 5.75 Å². The molecule has 0 saturated carbocycles. The zero-order valence-electron chi connectivity index (χ0n) is 13.6. The first-order valence-electron chi connectivity index (χ1n) is 7.84. The number of benzene rings is 2. The summed E-state index contributed by atoms with van der Waals surface area (Å²) >= 11 is 5.98. The van der Waals surface area contributed by atoms with Crippen LogP contribution in [-0.4, -0.2) is 26.7 Å². The summed E-state index contributed by atoms with van der Waals surface area (Å²) in [7, 11) is 0. The standard InChI is InChI=1S/C19H18ClN3O2/c1-2-10-23(12-14-8-9-17(24)16(20)11-14)13-18-21-19(22-25-18)15-6-4-3-5-7-15/h2-9,11,24H,1,10,12-13H2. The minimum atomic E-state index is 0.0742. The molecule has 0 radical (unpaired) electrons. The van der Waals surface area contributed by atoms with Gasteiger partial charge in [0.1, 0.15) is 5.75 Å². The van der Waals surface area contributed by atoms with Crippen molar-refractivity contribution in [1.82, 2.24) is 15.0 Å². The summed E-state index contributed by atoms with van der Waals surface area (Å²) in [5, 5.41) is 13.9. The van der Waals surface area contributed by atoms with Gasteiger partial charge in [0.15, 0.2) is 0 Å². The topological polar surface area (TPSA) is 62.4 Å². The van der Waals surface area contributed by atoms with Crippen molar-refractivity contribution in [2.75, 3.05) is 6.54 Å². The third-order valence-corrected chi connectivity index (χ3v) is 3.97. The highest BCUT2D eigenvalue weighted by atomic mass is 35.5. The molecule has 0 unspecified atom stereocenters. The molecular weight excluding hydrogens is 338 g/mol. The Hall–Kier alpha value is -2.63. The normalized spacial score (nSPS) is 11.0. The monoisotopic (exact) mass is 355 g/mol. The van der Waals surface area contributed by atoms with Crippen LogP contribution < -0.4 is 0 Å². The fraction of sp³-hybridized carbons (Fsp3) is 0.158. The highest BCUT2D eigenvalue weighted by Gasteiger charge is 2.13. The summed E-state index contributed by atoms with van der Waals surface area (Å²) in [6.45, 7) is 5.56. The van der Waals surface area contributed by atoms with Gasteiger partial charge in [0.2, 0.25) is 11.7 Å². The molecule has 0 aliphatic rings. The predicted molar refractivity (Wildman–Crippen MR) is 97.2 cm³/mol. The molecule has 0 fully saturated rings. The summed E-state index contributed by atoms with van der Waals surface area (Å²) in [4.78, 5) is 6.55. The maximum atomic E-state index is 9.53. The Morgan fingerprint density at radius 3 is 2.68 bits per heavy atom. The van der Waals surface area contributed by atoms with E-state index < -0.39 is 0 Å². The number of phenols is 1. The minimum absolute atomic E-state index is 0.0742. The molecule has 3 rings (SSSR count). The van der Waals surface area contributed by atoms with Crippen molar-refractivity contribution in [3.05, 3.63) is 77.7 Å². The number of halogens is 1. The number of phenolic OH excluding ortho intramolecular Hbond substituents is 1. The highest BCUT2D eigenvalue weighted by Crippen LogP contribution is 2.24. The molecular formula is C19H18ClN3O2. The summed E-state index contributed by atoms with van der Waals surface area (Å²) < 4.78 is 5.37. The molecule has 25 heavy (non-hydrogen) atoms. The molecule has 1 N–H and O–H groups in total. The van der Waals surface area contributed by atoms with Crippen molar-refractivity contribution in [3.8, 4) is 17.1 Å². The Labute approximate surface area is 151 Å². The van der Waals surface area contributed by atoms with Crippen molar-refractivity contribution in [2.45, 2.75) is 13.1 Å².